The van der Waals surface area contributed by atoms with Crippen molar-refractivity contribution >= 4 is 17.6 Å². The molecule has 1 unspecified atom stereocenters. The van der Waals surface area contributed by atoms with Crippen molar-refractivity contribution in [1.29, 1.82) is 5.41 Å². The largest absolute Gasteiger partial charge is 0.360 e. The van der Waals surface area contributed by atoms with Crippen LogP contribution < -0.4 is 0 Å². The lowest BCUT2D eigenvalue weighted by molar-refractivity contribution is 0.376. The maximum Gasteiger partial charge on any atom is 0.0957 e. The van der Waals surface area contributed by atoms with E-state index in [1.54, 1.807) is 0 Å². The van der Waals surface area contributed by atoms with Crippen LogP contribution in [0.15, 0.2) is 0 Å². The van der Waals surface area contributed by atoms with E-state index in [-0.39, 0.29) is 0 Å². The third kappa shape index (κ3) is 4.55. The predicted molar refractivity (Wildman–Crippen MR) is 62.9 cm³/mol. The molecule has 0 bridgehead atoms. The lowest BCUT2D eigenvalue weighted by Gasteiger charge is -2.28. The lowest BCUT2D eigenvalue weighted by atomic mass is 10.2. The first-order chi connectivity index (χ1) is 6.17. The molecule has 1 N–H and O–H groups in total. The monoisotopic (exact) mass is 202 g/mol. The maximum atomic E-state index is 7.82. The van der Waals surface area contributed by atoms with E-state index in [9.17, 15) is 0 Å². The molecule has 0 aromatic rings. The highest BCUT2D eigenvalue weighted by Crippen LogP contribution is 2.10. The van der Waals surface area contributed by atoms with Gasteiger partial charge in [-0.05, 0) is 19.1 Å². The van der Waals surface area contributed by atoms with E-state index >= 15 is 0 Å². The van der Waals surface area contributed by atoms with Crippen molar-refractivity contribution in [3.05, 3.63) is 0 Å². The van der Waals surface area contributed by atoms with Crippen LogP contribution in [0, 0.1) is 5.41 Å². The van der Waals surface area contributed by atoms with Gasteiger partial charge in [-0.15, -0.1) is 0 Å². The van der Waals surface area contributed by atoms with Gasteiger partial charge in [0.05, 0.1) is 5.84 Å². The van der Waals surface area contributed by atoms with Crippen LogP contribution in [-0.4, -0.2) is 35.8 Å². The second-order valence-corrected chi connectivity index (χ2v) is 4.24. The molecule has 0 amide bonds. The van der Waals surface area contributed by atoms with E-state index in [4.69, 9.17) is 5.41 Å². The van der Waals surface area contributed by atoms with Gasteiger partial charge in [0, 0.05) is 25.3 Å². The molecule has 0 aliphatic carbocycles. The lowest BCUT2D eigenvalue weighted by Crippen LogP contribution is -2.37. The zero-order valence-electron chi connectivity index (χ0n) is 9.26. The Morgan fingerprint density at radius 2 is 2.08 bits per heavy atom. The molecule has 3 heteroatoms. The minimum Gasteiger partial charge on any atom is -0.360 e. The fourth-order valence-corrected chi connectivity index (χ4v) is 2.17. The molecular weight excluding hydrogens is 180 g/mol. The molecule has 78 valence electrons. The molecule has 0 rings (SSSR count). The highest BCUT2D eigenvalue weighted by atomic mass is 32.2. The molecule has 0 heterocycles. The molecule has 2 nitrogen and oxygen atoms in total. The second-order valence-electron chi connectivity index (χ2n) is 3.33. The Morgan fingerprint density at radius 1 is 1.46 bits per heavy atom. The van der Waals surface area contributed by atoms with Crippen molar-refractivity contribution in [2.45, 2.75) is 39.2 Å². The van der Waals surface area contributed by atoms with Gasteiger partial charge in [0.1, 0.15) is 0 Å². The summed E-state index contributed by atoms with van der Waals surface area (Å²) in [6.45, 7) is 4.31. The summed E-state index contributed by atoms with van der Waals surface area (Å²) >= 11 is 1.86. The van der Waals surface area contributed by atoms with Crippen LogP contribution in [-0.2, 0) is 0 Å². The quantitative estimate of drug-likeness (QED) is 0.529. The Bertz CT molecular complexity index is 148. The summed E-state index contributed by atoms with van der Waals surface area (Å²) in [4.78, 5) is 2.12. The molecule has 0 radical (unpaired) electrons. The first-order valence-electron chi connectivity index (χ1n) is 4.96. The summed E-state index contributed by atoms with van der Waals surface area (Å²) in [7, 11) is 2.04. The van der Waals surface area contributed by atoms with Crippen molar-refractivity contribution in [2.75, 3.05) is 19.1 Å². The van der Waals surface area contributed by atoms with E-state index in [0.29, 0.717) is 6.04 Å². The Labute approximate surface area is 86.6 Å². The third-order valence-electron chi connectivity index (χ3n) is 2.29. The molecule has 13 heavy (non-hydrogen) atoms. The summed E-state index contributed by atoms with van der Waals surface area (Å²) in [5.74, 6) is 1.91. The van der Waals surface area contributed by atoms with Gasteiger partial charge in [0.25, 0.3) is 0 Å². The second kappa shape index (κ2) is 7.25. The van der Waals surface area contributed by atoms with Crippen LogP contribution >= 0.6 is 11.8 Å². The number of thioether (sulfide) groups is 1. The van der Waals surface area contributed by atoms with Crippen molar-refractivity contribution in [1.82, 2.24) is 4.90 Å². The van der Waals surface area contributed by atoms with E-state index in [0.717, 1.165) is 30.9 Å². The average molecular weight is 202 g/mol. The Morgan fingerprint density at radius 3 is 2.46 bits per heavy atom. The standard InChI is InChI=1S/C10H22N2S/c1-5-7-10(11)12(3)9(6-2)8-13-4/h9,11H,5-8H2,1-4H3. The van der Waals surface area contributed by atoms with Gasteiger partial charge in [-0.1, -0.05) is 13.8 Å². The number of amidine groups is 1. The number of nitrogens with one attached hydrogen (secondary N) is 1. The van der Waals surface area contributed by atoms with E-state index in [1.165, 1.54) is 0 Å². The summed E-state index contributed by atoms with van der Waals surface area (Å²) in [5.41, 5.74) is 0. The van der Waals surface area contributed by atoms with Gasteiger partial charge in [-0.3, -0.25) is 5.41 Å². The number of rotatable bonds is 6. The van der Waals surface area contributed by atoms with Crippen LogP contribution in [0.3, 0.4) is 0 Å². The molecule has 0 aliphatic rings. The normalized spacial score (nSPS) is 12.6. The SMILES string of the molecule is CCCC(=N)N(C)C(CC)CSC. The third-order valence-corrected chi connectivity index (χ3v) is 3.01. The summed E-state index contributed by atoms with van der Waals surface area (Å²) < 4.78 is 0. The van der Waals surface area contributed by atoms with Crippen molar-refractivity contribution in [2.24, 2.45) is 0 Å². The molecule has 0 saturated carbocycles. The van der Waals surface area contributed by atoms with Crippen LogP contribution in [0.25, 0.3) is 0 Å². The molecule has 0 aliphatic heterocycles. The Kier molecular flexibility index (Phi) is 7.14. The molecule has 0 saturated heterocycles. The van der Waals surface area contributed by atoms with Gasteiger partial charge in [0.2, 0.25) is 0 Å². The van der Waals surface area contributed by atoms with Crippen LogP contribution in [0.2, 0.25) is 0 Å². The van der Waals surface area contributed by atoms with Gasteiger partial charge in [-0.2, -0.15) is 11.8 Å². The van der Waals surface area contributed by atoms with E-state index in [1.807, 2.05) is 18.8 Å². The number of hydrogen-bond donors (Lipinski definition) is 1. The zero-order chi connectivity index (χ0) is 10.3. The number of nitrogens with zero attached hydrogens (tertiary/aromatic N) is 1. The number of hydrogen-bond acceptors (Lipinski definition) is 2. The Hall–Kier alpha value is -0.180. The predicted octanol–water partition coefficient (Wildman–Crippen LogP) is 2.84. The molecule has 1 atom stereocenters. The molecule has 0 spiro atoms. The van der Waals surface area contributed by atoms with Crippen molar-refractivity contribution in [3.8, 4) is 0 Å². The summed E-state index contributed by atoms with van der Waals surface area (Å²) in [5, 5.41) is 7.82. The van der Waals surface area contributed by atoms with Gasteiger partial charge >= 0.3 is 0 Å². The van der Waals surface area contributed by atoms with Gasteiger partial charge in [-0.25, -0.2) is 0 Å². The van der Waals surface area contributed by atoms with Gasteiger partial charge < -0.3 is 4.90 Å². The molecule has 0 aromatic carbocycles. The van der Waals surface area contributed by atoms with Crippen molar-refractivity contribution < 1.29 is 0 Å². The van der Waals surface area contributed by atoms with E-state index < -0.39 is 0 Å². The molecule has 0 aromatic heterocycles. The zero-order valence-corrected chi connectivity index (χ0v) is 10.1. The topological polar surface area (TPSA) is 27.1 Å². The average Bonchev–Trinajstić information content (AvgIpc) is 2.13. The first-order valence-corrected chi connectivity index (χ1v) is 6.35. The highest BCUT2D eigenvalue weighted by Gasteiger charge is 2.13. The first kappa shape index (κ1) is 12.8. The fourth-order valence-electron chi connectivity index (χ4n) is 1.33. The van der Waals surface area contributed by atoms with Crippen molar-refractivity contribution in [3.63, 3.8) is 0 Å². The molecular formula is C10H22N2S. The summed E-state index contributed by atoms with van der Waals surface area (Å²) in [6, 6.07) is 0.536. The fraction of sp³-hybridized carbons (Fsp3) is 0.900. The molecule has 0 fully saturated rings. The Balaban J connectivity index is 4.02. The smallest absolute Gasteiger partial charge is 0.0957 e. The minimum atomic E-state index is 0.536. The van der Waals surface area contributed by atoms with E-state index in [2.05, 4.69) is 25.0 Å². The maximum absolute atomic E-state index is 7.82. The van der Waals surface area contributed by atoms with Crippen LogP contribution in [0.4, 0.5) is 0 Å². The highest BCUT2D eigenvalue weighted by molar-refractivity contribution is 7.98. The minimum absolute atomic E-state index is 0.536. The van der Waals surface area contributed by atoms with Crippen LogP contribution in [0.1, 0.15) is 33.1 Å². The van der Waals surface area contributed by atoms with Crippen LogP contribution in [0.5, 0.6) is 0 Å². The summed E-state index contributed by atoms with van der Waals surface area (Å²) in [6.07, 6.45) is 5.23. The van der Waals surface area contributed by atoms with Gasteiger partial charge in [0.15, 0.2) is 0 Å².